The fourth-order valence-corrected chi connectivity index (χ4v) is 2.77. The maximum Gasteiger partial charge on any atom is 0.224 e. The molecule has 0 radical (unpaired) electrons. The van der Waals surface area contributed by atoms with Crippen LogP contribution in [-0.2, 0) is 4.79 Å². The summed E-state index contributed by atoms with van der Waals surface area (Å²) in [5.41, 5.74) is 0.674. The van der Waals surface area contributed by atoms with E-state index in [1.165, 1.54) is 32.1 Å². The van der Waals surface area contributed by atoms with Crippen LogP contribution in [0.1, 0.15) is 38.5 Å². The summed E-state index contributed by atoms with van der Waals surface area (Å²) in [5, 5.41) is 2.94. The molecule has 110 valence electrons. The van der Waals surface area contributed by atoms with Gasteiger partial charge >= 0.3 is 0 Å². The predicted molar refractivity (Wildman–Crippen MR) is 79.4 cm³/mol. The fraction of sp³-hybridized carbons (Fsp3) is 0.562. The predicted octanol–water partition coefficient (Wildman–Crippen LogP) is 3.61. The van der Waals surface area contributed by atoms with E-state index in [1.54, 1.807) is 26.4 Å². The number of hydrogen-bond acceptors (Lipinski definition) is 3. The van der Waals surface area contributed by atoms with Gasteiger partial charge in [0.1, 0.15) is 11.5 Å². The van der Waals surface area contributed by atoms with E-state index in [0.717, 1.165) is 0 Å². The lowest BCUT2D eigenvalue weighted by Crippen LogP contribution is -2.18. The highest BCUT2D eigenvalue weighted by atomic mass is 16.5. The molecule has 1 aromatic rings. The minimum atomic E-state index is 0.0588. The average Bonchev–Trinajstić information content (AvgIpc) is 2.48. The zero-order valence-electron chi connectivity index (χ0n) is 12.3. The number of carbonyl (C=O) groups excluding carboxylic acids is 1. The Morgan fingerprint density at radius 2 is 1.95 bits per heavy atom. The lowest BCUT2D eigenvalue weighted by molar-refractivity contribution is -0.117. The van der Waals surface area contributed by atoms with E-state index < -0.39 is 0 Å². The molecular weight excluding hydrogens is 254 g/mol. The number of methoxy groups -OCH3 is 2. The first-order chi connectivity index (χ1) is 9.72. The van der Waals surface area contributed by atoms with Crippen molar-refractivity contribution < 1.29 is 14.3 Å². The molecule has 1 aromatic carbocycles. The van der Waals surface area contributed by atoms with E-state index in [0.29, 0.717) is 29.5 Å². The third-order valence-corrected chi connectivity index (χ3v) is 3.88. The van der Waals surface area contributed by atoms with E-state index in [-0.39, 0.29) is 5.91 Å². The lowest BCUT2D eigenvalue weighted by Gasteiger charge is -2.21. The van der Waals surface area contributed by atoms with Crippen molar-refractivity contribution in [1.82, 2.24) is 0 Å². The van der Waals surface area contributed by atoms with Gasteiger partial charge in [0.05, 0.1) is 19.9 Å². The molecule has 0 bridgehead atoms. The van der Waals surface area contributed by atoms with E-state index in [4.69, 9.17) is 9.47 Å². The van der Waals surface area contributed by atoms with Gasteiger partial charge in [-0.3, -0.25) is 4.79 Å². The topological polar surface area (TPSA) is 47.6 Å². The molecule has 1 fully saturated rings. The molecule has 0 aliphatic heterocycles. The number of hydrogen-bond donors (Lipinski definition) is 1. The molecule has 1 amide bonds. The average molecular weight is 277 g/mol. The van der Waals surface area contributed by atoms with E-state index in [2.05, 4.69) is 5.32 Å². The molecule has 0 saturated heterocycles. The first kappa shape index (κ1) is 14.7. The smallest absolute Gasteiger partial charge is 0.224 e. The summed E-state index contributed by atoms with van der Waals surface area (Å²) in [5.74, 6) is 1.95. The van der Waals surface area contributed by atoms with Crippen molar-refractivity contribution in [1.29, 1.82) is 0 Å². The summed E-state index contributed by atoms with van der Waals surface area (Å²) >= 11 is 0. The van der Waals surface area contributed by atoms with Crippen molar-refractivity contribution in [2.45, 2.75) is 38.5 Å². The number of carbonyl (C=O) groups is 1. The third kappa shape index (κ3) is 3.89. The number of rotatable bonds is 5. The number of benzene rings is 1. The zero-order chi connectivity index (χ0) is 14.4. The van der Waals surface area contributed by atoms with E-state index >= 15 is 0 Å². The van der Waals surface area contributed by atoms with Gasteiger partial charge in [-0.25, -0.2) is 0 Å². The molecule has 2 rings (SSSR count). The zero-order valence-corrected chi connectivity index (χ0v) is 12.3. The molecule has 1 aliphatic rings. The minimum Gasteiger partial charge on any atom is -0.497 e. The number of anilines is 1. The monoisotopic (exact) mass is 277 g/mol. The standard InChI is InChI=1S/C16H23NO3/c1-19-13-8-9-15(20-2)14(11-13)17-16(18)10-12-6-4-3-5-7-12/h8-9,11-12H,3-7,10H2,1-2H3,(H,17,18). The Kier molecular flexibility index (Phi) is 5.27. The van der Waals surface area contributed by atoms with Gasteiger partial charge in [-0.05, 0) is 30.9 Å². The first-order valence-corrected chi connectivity index (χ1v) is 7.25. The summed E-state index contributed by atoms with van der Waals surface area (Å²) in [4.78, 5) is 12.1. The van der Waals surface area contributed by atoms with Crippen molar-refractivity contribution in [3.05, 3.63) is 18.2 Å². The number of nitrogens with one attached hydrogen (secondary N) is 1. The molecule has 0 aromatic heterocycles. The third-order valence-electron chi connectivity index (χ3n) is 3.88. The highest BCUT2D eigenvalue weighted by molar-refractivity contribution is 5.92. The Morgan fingerprint density at radius 3 is 2.60 bits per heavy atom. The molecular formula is C16H23NO3. The summed E-state index contributed by atoms with van der Waals surface area (Å²) in [6, 6.07) is 5.41. The van der Waals surface area contributed by atoms with Gasteiger partial charge in [-0.2, -0.15) is 0 Å². The van der Waals surface area contributed by atoms with Crippen LogP contribution in [0.15, 0.2) is 18.2 Å². The van der Waals surface area contributed by atoms with Gasteiger partial charge in [-0.1, -0.05) is 19.3 Å². The van der Waals surface area contributed by atoms with E-state index in [9.17, 15) is 4.79 Å². The summed E-state index contributed by atoms with van der Waals surface area (Å²) in [7, 11) is 3.20. The van der Waals surface area contributed by atoms with Crippen LogP contribution in [-0.4, -0.2) is 20.1 Å². The second-order valence-electron chi connectivity index (χ2n) is 5.32. The Morgan fingerprint density at radius 1 is 1.20 bits per heavy atom. The Bertz CT molecular complexity index is 453. The summed E-state index contributed by atoms with van der Waals surface area (Å²) in [6.07, 6.45) is 6.74. The molecule has 0 atom stereocenters. The molecule has 4 heteroatoms. The van der Waals surface area contributed by atoms with Crippen molar-refractivity contribution in [3.8, 4) is 11.5 Å². The Hall–Kier alpha value is -1.71. The molecule has 1 N–H and O–H groups in total. The molecule has 1 aliphatic carbocycles. The second-order valence-corrected chi connectivity index (χ2v) is 5.32. The minimum absolute atomic E-state index is 0.0588. The van der Waals surface area contributed by atoms with Gasteiger partial charge in [-0.15, -0.1) is 0 Å². The molecule has 20 heavy (non-hydrogen) atoms. The summed E-state index contributed by atoms with van der Waals surface area (Å²) in [6.45, 7) is 0. The Balaban J connectivity index is 1.98. The first-order valence-electron chi connectivity index (χ1n) is 7.25. The van der Waals surface area contributed by atoms with Crippen molar-refractivity contribution in [2.24, 2.45) is 5.92 Å². The van der Waals surface area contributed by atoms with Crippen LogP contribution in [0, 0.1) is 5.92 Å². The maximum absolute atomic E-state index is 12.1. The SMILES string of the molecule is COc1ccc(OC)c(NC(=O)CC2CCCCC2)c1. The van der Waals surface area contributed by atoms with Gasteiger partial charge in [0.25, 0.3) is 0 Å². The van der Waals surface area contributed by atoms with Crippen molar-refractivity contribution in [3.63, 3.8) is 0 Å². The van der Waals surface area contributed by atoms with Crippen molar-refractivity contribution in [2.75, 3.05) is 19.5 Å². The van der Waals surface area contributed by atoms with E-state index in [1.807, 2.05) is 6.07 Å². The van der Waals surface area contributed by atoms with Crippen LogP contribution in [0.3, 0.4) is 0 Å². The van der Waals surface area contributed by atoms with Crippen LogP contribution in [0.4, 0.5) is 5.69 Å². The highest BCUT2D eigenvalue weighted by Gasteiger charge is 2.18. The van der Waals surface area contributed by atoms with Crippen LogP contribution in [0.5, 0.6) is 11.5 Å². The van der Waals surface area contributed by atoms with Gasteiger partial charge in [0.2, 0.25) is 5.91 Å². The van der Waals surface area contributed by atoms with Crippen LogP contribution in [0.2, 0.25) is 0 Å². The van der Waals surface area contributed by atoms with Crippen LogP contribution in [0.25, 0.3) is 0 Å². The summed E-state index contributed by atoms with van der Waals surface area (Å²) < 4.78 is 10.4. The normalized spacial score (nSPS) is 15.7. The lowest BCUT2D eigenvalue weighted by atomic mass is 9.87. The van der Waals surface area contributed by atoms with Gasteiger partial charge in [0, 0.05) is 12.5 Å². The number of ether oxygens (including phenoxy) is 2. The molecule has 0 heterocycles. The molecule has 0 spiro atoms. The molecule has 4 nitrogen and oxygen atoms in total. The van der Waals surface area contributed by atoms with Crippen molar-refractivity contribution >= 4 is 11.6 Å². The van der Waals surface area contributed by atoms with Crippen LogP contribution >= 0.6 is 0 Å². The maximum atomic E-state index is 12.1. The van der Waals surface area contributed by atoms with Gasteiger partial charge < -0.3 is 14.8 Å². The largest absolute Gasteiger partial charge is 0.497 e. The second kappa shape index (κ2) is 7.17. The molecule has 0 unspecified atom stereocenters. The van der Waals surface area contributed by atoms with Crippen LogP contribution < -0.4 is 14.8 Å². The Labute approximate surface area is 120 Å². The fourth-order valence-electron chi connectivity index (χ4n) is 2.77. The number of amides is 1. The highest BCUT2D eigenvalue weighted by Crippen LogP contribution is 2.30. The van der Waals surface area contributed by atoms with Gasteiger partial charge in [0.15, 0.2) is 0 Å². The molecule has 1 saturated carbocycles. The quantitative estimate of drug-likeness (QED) is 0.894.